The molecule has 0 amide bonds. The standard InChI is InChI=1S/C26H22FNO4S2/c1-30-25-13-20-22(14-26(25)31-2)28-7-5-23(20)32-24-4-3-16(11-21(24)27)10-19(33)12-18(29)9-17-6-8-34-15-17/h3-8,11,13-15H,9-10,12H2,1-2H3. The number of carbonyl (C=O) groups is 1. The molecule has 5 nitrogen and oxygen atoms in total. The van der Waals surface area contributed by atoms with E-state index >= 15 is 0 Å². The van der Waals surface area contributed by atoms with E-state index in [4.69, 9.17) is 26.4 Å². The van der Waals surface area contributed by atoms with Gasteiger partial charge in [-0.2, -0.15) is 11.3 Å². The summed E-state index contributed by atoms with van der Waals surface area (Å²) in [5.41, 5.74) is 2.30. The van der Waals surface area contributed by atoms with Gasteiger partial charge in [-0.15, -0.1) is 0 Å². The number of methoxy groups -OCH3 is 2. The van der Waals surface area contributed by atoms with Crippen molar-refractivity contribution in [1.29, 1.82) is 0 Å². The summed E-state index contributed by atoms with van der Waals surface area (Å²) < 4.78 is 31.4. The molecule has 0 saturated heterocycles. The molecule has 0 radical (unpaired) electrons. The van der Waals surface area contributed by atoms with Crippen LogP contribution in [0.5, 0.6) is 23.0 Å². The van der Waals surface area contributed by atoms with Crippen LogP contribution in [0.25, 0.3) is 10.9 Å². The highest BCUT2D eigenvalue weighted by Gasteiger charge is 2.14. The van der Waals surface area contributed by atoms with Gasteiger partial charge < -0.3 is 14.2 Å². The number of rotatable bonds is 10. The van der Waals surface area contributed by atoms with Crippen LogP contribution in [-0.4, -0.2) is 29.9 Å². The summed E-state index contributed by atoms with van der Waals surface area (Å²) >= 11 is 6.94. The fourth-order valence-electron chi connectivity index (χ4n) is 3.59. The second kappa shape index (κ2) is 10.7. The average Bonchev–Trinajstić information content (AvgIpc) is 3.32. The Bertz CT molecular complexity index is 1340. The number of aromatic nitrogens is 1. The highest BCUT2D eigenvalue weighted by Crippen LogP contribution is 2.37. The van der Waals surface area contributed by atoms with Crippen molar-refractivity contribution in [2.75, 3.05) is 14.2 Å². The second-order valence-electron chi connectivity index (χ2n) is 7.64. The minimum absolute atomic E-state index is 0.0560. The third-order valence-corrected chi connectivity index (χ3v) is 6.22. The number of carbonyl (C=O) groups excluding carboxylic acids is 1. The third kappa shape index (κ3) is 5.58. The molecule has 2 aromatic heterocycles. The van der Waals surface area contributed by atoms with E-state index in [0.717, 1.165) is 5.56 Å². The number of Topliss-reactive ketones (excluding diaryl/α,β-unsaturated/α-hetero) is 1. The molecule has 0 bridgehead atoms. The number of thiophene rings is 1. The summed E-state index contributed by atoms with van der Waals surface area (Å²) in [5.74, 6) is 1.11. The molecule has 174 valence electrons. The molecular weight excluding hydrogens is 473 g/mol. The minimum Gasteiger partial charge on any atom is -0.493 e. The highest BCUT2D eigenvalue weighted by molar-refractivity contribution is 7.80. The molecule has 0 aliphatic carbocycles. The summed E-state index contributed by atoms with van der Waals surface area (Å²) in [6.45, 7) is 0. The molecule has 0 atom stereocenters. The summed E-state index contributed by atoms with van der Waals surface area (Å²) in [5, 5.41) is 4.55. The normalized spacial score (nSPS) is 10.8. The predicted molar refractivity (Wildman–Crippen MR) is 135 cm³/mol. The van der Waals surface area contributed by atoms with E-state index in [0.29, 0.717) is 51.4 Å². The van der Waals surface area contributed by atoms with Gasteiger partial charge >= 0.3 is 0 Å². The molecule has 0 fully saturated rings. The van der Waals surface area contributed by atoms with Gasteiger partial charge in [-0.05, 0) is 52.2 Å². The van der Waals surface area contributed by atoms with E-state index < -0.39 is 5.82 Å². The largest absolute Gasteiger partial charge is 0.493 e. The molecule has 0 spiro atoms. The molecule has 0 unspecified atom stereocenters. The topological polar surface area (TPSA) is 57.7 Å². The zero-order valence-corrected chi connectivity index (χ0v) is 20.3. The fraction of sp³-hybridized carbons (Fsp3) is 0.192. The zero-order chi connectivity index (χ0) is 24.1. The van der Waals surface area contributed by atoms with Crippen LogP contribution < -0.4 is 14.2 Å². The van der Waals surface area contributed by atoms with E-state index in [1.54, 1.807) is 62.1 Å². The van der Waals surface area contributed by atoms with E-state index in [1.807, 2.05) is 16.8 Å². The van der Waals surface area contributed by atoms with Crippen molar-refractivity contribution in [3.8, 4) is 23.0 Å². The quantitative estimate of drug-likeness (QED) is 0.239. The molecule has 0 aliphatic heterocycles. The Balaban J connectivity index is 1.47. The molecule has 0 saturated carbocycles. The maximum Gasteiger partial charge on any atom is 0.166 e. The SMILES string of the molecule is COc1cc2nccc(Oc3ccc(CC(=S)CC(=O)Cc4ccsc4)cc3F)c2cc1OC. The number of hydrogen-bond donors (Lipinski definition) is 0. The number of thiocarbonyl (C=S) groups is 1. The average molecular weight is 496 g/mol. The lowest BCUT2D eigenvalue weighted by molar-refractivity contribution is -0.117. The number of ether oxygens (including phenoxy) is 3. The first-order valence-corrected chi connectivity index (χ1v) is 11.8. The van der Waals surface area contributed by atoms with Crippen LogP contribution in [0.4, 0.5) is 4.39 Å². The summed E-state index contributed by atoms with van der Waals surface area (Å²) in [4.78, 5) is 17.1. The zero-order valence-electron chi connectivity index (χ0n) is 18.7. The number of ketones is 1. The Hall–Kier alpha value is -3.36. The first-order chi connectivity index (χ1) is 16.5. The molecule has 34 heavy (non-hydrogen) atoms. The smallest absolute Gasteiger partial charge is 0.166 e. The van der Waals surface area contributed by atoms with Gasteiger partial charge in [0.25, 0.3) is 0 Å². The number of fused-ring (bicyclic) bond motifs is 1. The van der Waals surface area contributed by atoms with Crippen LogP contribution in [0.2, 0.25) is 0 Å². The van der Waals surface area contributed by atoms with Crippen LogP contribution in [-0.2, 0) is 17.6 Å². The van der Waals surface area contributed by atoms with Crippen LogP contribution in [0.1, 0.15) is 17.5 Å². The van der Waals surface area contributed by atoms with Gasteiger partial charge in [0.2, 0.25) is 0 Å². The maximum atomic E-state index is 14.9. The summed E-state index contributed by atoms with van der Waals surface area (Å²) in [6, 6.07) is 11.8. The van der Waals surface area contributed by atoms with Crippen LogP contribution in [0.3, 0.4) is 0 Å². The Morgan fingerprint density at radius 1 is 0.971 bits per heavy atom. The lowest BCUT2D eigenvalue weighted by Gasteiger charge is -2.13. The lowest BCUT2D eigenvalue weighted by Crippen LogP contribution is -2.10. The Labute approximate surface area is 206 Å². The fourth-order valence-corrected chi connectivity index (χ4v) is 4.58. The van der Waals surface area contributed by atoms with Crippen molar-refractivity contribution in [2.24, 2.45) is 0 Å². The van der Waals surface area contributed by atoms with Crippen LogP contribution >= 0.6 is 23.6 Å². The first kappa shape index (κ1) is 23.8. The Morgan fingerprint density at radius 3 is 2.47 bits per heavy atom. The van der Waals surface area contributed by atoms with Gasteiger partial charge in [-0.3, -0.25) is 9.78 Å². The molecule has 8 heteroatoms. The number of nitrogens with zero attached hydrogens (tertiary/aromatic N) is 1. The maximum absolute atomic E-state index is 14.9. The molecule has 4 rings (SSSR count). The monoisotopic (exact) mass is 495 g/mol. The Kier molecular flexibility index (Phi) is 7.49. The lowest BCUT2D eigenvalue weighted by atomic mass is 10.0. The van der Waals surface area contributed by atoms with Gasteiger partial charge in [0.15, 0.2) is 23.1 Å². The van der Waals surface area contributed by atoms with E-state index in [2.05, 4.69) is 4.98 Å². The molecule has 2 heterocycles. The number of halogens is 1. The highest BCUT2D eigenvalue weighted by atomic mass is 32.1. The number of pyridine rings is 1. The third-order valence-electron chi connectivity index (χ3n) is 5.20. The van der Waals surface area contributed by atoms with Gasteiger partial charge in [0, 0.05) is 41.8 Å². The molecular formula is C26H22FNO4S2. The van der Waals surface area contributed by atoms with Gasteiger partial charge in [-0.25, -0.2) is 4.39 Å². The van der Waals surface area contributed by atoms with E-state index in [9.17, 15) is 9.18 Å². The van der Waals surface area contributed by atoms with Gasteiger partial charge in [-0.1, -0.05) is 18.3 Å². The van der Waals surface area contributed by atoms with Gasteiger partial charge in [0.1, 0.15) is 11.5 Å². The Morgan fingerprint density at radius 2 is 1.76 bits per heavy atom. The van der Waals surface area contributed by atoms with Crippen molar-refractivity contribution in [1.82, 2.24) is 4.98 Å². The van der Waals surface area contributed by atoms with Crippen molar-refractivity contribution in [3.05, 3.63) is 76.4 Å². The first-order valence-electron chi connectivity index (χ1n) is 10.5. The minimum atomic E-state index is -0.518. The summed E-state index contributed by atoms with van der Waals surface area (Å²) in [6.07, 6.45) is 2.49. The predicted octanol–water partition coefficient (Wildman–Crippen LogP) is 6.36. The van der Waals surface area contributed by atoms with Crippen molar-refractivity contribution in [3.63, 3.8) is 0 Å². The van der Waals surface area contributed by atoms with Gasteiger partial charge in [0.05, 0.1) is 19.7 Å². The summed E-state index contributed by atoms with van der Waals surface area (Å²) in [7, 11) is 3.09. The van der Waals surface area contributed by atoms with E-state index in [1.165, 1.54) is 6.07 Å². The van der Waals surface area contributed by atoms with Crippen molar-refractivity contribution < 1.29 is 23.4 Å². The van der Waals surface area contributed by atoms with Crippen molar-refractivity contribution >= 4 is 45.1 Å². The van der Waals surface area contributed by atoms with Crippen LogP contribution in [0.15, 0.2) is 59.4 Å². The van der Waals surface area contributed by atoms with Crippen molar-refractivity contribution in [2.45, 2.75) is 19.3 Å². The number of benzene rings is 2. The number of hydrogen-bond acceptors (Lipinski definition) is 7. The second-order valence-corrected chi connectivity index (χ2v) is 9.00. The molecule has 0 N–H and O–H groups in total. The van der Waals surface area contributed by atoms with E-state index in [-0.39, 0.29) is 18.0 Å². The van der Waals surface area contributed by atoms with Crippen LogP contribution in [0, 0.1) is 5.82 Å². The molecule has 2 aromatic carbocycles. The molecule has 0 aliphatic rings. The molecule has 4 aromatic rings.